The predicted molar refractivity (Wildman–Crippen MR) is 119 cm³/mol. The molecule has 0 bridgehead atoms. The van der Waals surface area contributed by atoms with Crippen molar-refractivity contribution in [3.8, 4) is 0 Å². The Balaban J connectivity index is 1.22. The third kappa shape index (κ3) is 2.78. The van der Waals surface area contributed by atoms with Crippen molar-refractivity contribution in [3.05, 3.63) is 77.0 Å². The van der Waals surface area contributed by atoms with Gasteiger partial charge in [-0.15, -0.1) is 0 Å². The van der Waals surface area contributed by atoms with Gasteiger partial charge in [-0.3, -0.25) is 9.69 Å². The van der Waals surface area contributed by atoms with Gasteiger partial charge in [-0.1, -0.05) is 12.1 Å². The summed E-state index contributed by atoms with van der Waals surface area (Å²) in [7, 11) is 0. The smallest absolute Gasteiger partial charge is 0.258 e. The highest BCUT2D eigenvalue weighted by atomic mass is 16.1. The lowest BCUT2D eigenvalue weighted by atomic mass is 10.2. The molecule has 0 spiro atoms. The number of piperazine rings is 1. The van der Waals surface area contributed by atoms with E-state index in [0.717, 1.165) is 55.2 Å². The summed E-state index contributed by atoms with van der Waals surface area (Å²) >= 11 is 0. The third-order valence-electron chi connectivity index (χ3n) is 6.06. The van der Waals surface area contributed by atoms with Crippen molar-refractivity contribution in [1.82, 2.24) is 24.3 Å². The zero-order valence-corrected chi connectivity index (χ0v) is 16.5. The molecule has 1 aliphatic heterocycles. The lowest BCUT2D eigenvalue weighted by Crippen LogP contribution is -2.46. The zero-order chi connectivity index (χ0) is 20.1. The van der Waals surface area contributed by atoms with E-state index < -0.39 is 0 Å². The normalized spacial score (nSPS) is 15.5. The predicted octanol–water partition coefficient (Wildman–Crippen LogP) is 2.98. The number of rotatable bonds is 3. The van der Waals surface area contributed by atoms with Gasteiger partial charge in [0.05, 0.1) is 16.4 Å². The van der Waals surface area contributed by atoms with Gasteiger partial charge < -0.3 is 19.3 Å². The summed E-state index contributed by atoms with van der Waals surface area (Å²) in [6, 6.07) is 13.9. The number of nitrogens with one attached hydrogen (secondary N) is 2. The molecule has 0 radical (unpaired) electrons. The van der Waals surface area contributed by atoms with Crippen LogP contribution in [-0.2, 0) is 6.54 Å². The van der Waals surface area contributed by atoms with Crippen LogP contribution >= 0.6 is 0 Å². The van der Waals surface area contributed by atoms with Crippen molar-refractivity contribution in [2.24, 2.45) is 0 Å². The highest BCUT2D eigenvalue weighted by Gasteiger charge is 2.20. The van der Waals surface area contributed by atoms with E-state index in [1.807, 2.05) is 42.7 Å². The first kappa shape index (κ1) is 17.3. The molecule has 1 saturated heterocycles. The molecule has 7 nitrogen and oxygen atoms in total. The lowest BCUT2D eigenvalue weighted by molar-refractivity contribution is 0.249. The van der Waals surface area contributed by atoms with Gasteiger partial charge in [-0.25, -0.2) is 4.98 Å². The molecule has 1 fully saturated rings. The number of hydrogen-bond donors (Lipinski definition) is 2. The van der Waals surface area contributed by atoms with Crippen molar-refractivity contribution < 1.29 is 0 Å². The molecular weight excluding hydrogens is 376 g/mol. The van der Waals surface area contributed by atoms with E-state index in [9.17, 15) is 4.79 Å². The lowest BCUT2D eigenvalue weighted by Gasteiger charge is -2.35. The second-order valence-electron chi connectivity index (χ2n) is 7.91. The van der Waals surface area contributed by atoms with Gasteiger partial charge in [-0.2, -0.15) is 0 Å². The Kier molecular flexibility index (Phi) is 3.89. The first-order chi connectivity index (χ1) is 14.8. The Morgan fingerprint density at radius 3 is 2.77 bits per heavy atom. The number of hydrogen-bond acceptors (Lipinski definition) is 4. The summed E-state index contributed by atoms with van der Waals surface area (Å²) in [6.07, 6.45) is 5.98. The maximum Gasteiger partial charge on any atom is 0.258 e. The summed E-state index contributed by atoms with van der Waals surface area (Å²) in [5, 5.41) is 1.90. The molecule has 5 aromatic rings. The molecule has 30 heavy (non-hydrogen) atoms. The fourth-order valence-electron chi connectivity index (χ4n) is 4.55. The number of aromatic amines is 2. The van der Waals surface area contributed by atoms with Gasteiger partial charge in [0.2, 0.25) is 0 Å². The summed E-state index contributed by atoms with van der Waals surface area (Å²) in [5.74, 6) is 1.06. The van der Waals surface area contributed by atoms with Crippen LogP contribution in [0, 0.1) is 0 Å². The second kappa shape index (κ2) is 6.74. The molecule has 0 atom stereocenters. The SMILES string of the molecule is O=c1[nH]c2cc(CN3CCN(c4nccc5[nH]ccc45)CC3)cn2c2ccccc12. The first-order valence-electron chi connectivity index (χ1n) is 10.3. The molecule has 0 unspecified atom stereocenters. The molecule has 1 aliphatic rings. The molecule has 0 amide bonds. The number of fused-ring (bicyclic) bond motifs is 4. The Bertz CT molecular complexity index is 1420. The van der Waals surface area contributed by atoms with Gasteiger partial charge in [0.15, 0.2) is 0 Å². The summed E-state index contributed by atoms with van der Waals surface area (Å²) in [6.45, 7) is 4.72. The van der Waals surface area contributed by atoms with E-state index in [-0.39, 0.29) is 5.56 Å². The van der Waals surface area contributed by atoms with Crippen LogP contribution in [0.1, 0.15) is 5.56 Å². The summed E-state index contributed by atoms with van der Waals surface area (Å²) in [4.78, 5) is 28.1. The third-order valence-corrected chi connectivity index (χ3v) is 6.06. The highest BCUT2D eigenvalue weighted by Crippen LogP contribution is 2.25. The van der Waals surface area contributed by atoms with Crippen molar-refractivity contribution in [2.75, 3.05) is 31.1 Å². The molecule has 0 saturated carbocycles. The molecule has 7 heteroatoms. The fraction of sp³-hybridized carbons (Fsp3) is 0.217. The summed E-state index contributed by atoms with van der Waals surface area (Å²) < 4.78 is 2.08. The molecule has 0 aliphatic carbocycles. The average Bonchev–Trinajstić information content (AvgIpc) is 3.41. The largest absolute Gasteiger partial charge is 0.361 e. The number of H-pyrrole nitrogens is 2. The standard InChI is InChI=1S/C23H22N6O/c30-23-18-3-1-2-4-20(18)29-15-16(13-21(29)26-23)14-27-9-11-28(12-10-27)22-17-5-7-24-19(17)6-8-25-22/h1-8,13,15,24H,9-12,14H2,(H,26,30). The van der Waals surface area contributed by atoms with E-state index in [2.05, 4.69) is 47.5 Å². The summed E-state index contributed by atoms with van der Waals surface area (Å²) in [5.41, 5.74) is 4.09. The quantitative estimate of drug-likeness (QED) is 0.490. The van der Waals surface area contributed by atoms with Crippen LogP contribution in [0.15, 0.2) is 65.8 Å². The first-order valence-corrected chi connectivity index (χ1v) is 10.3. The van der Waals surface area contributed by atoms with Gasteiger partial charge in [0.25, 0.3) is 5.56 Å². The number of nitrogens with zero attached hydrogens (tertiary/aromatic N) is 4. The minimum absolute atomic E-state index is 0.0391. The van der Waals surface area contributed by atoms with Crippen LogP contribution in [0.3, 0.4) is 0 Å². The fourth-order valence-corrected chi connectivity index (χ4v) is 4.55. The van der Waals surface area contributed by atoms with Gasteiger partial charge >= 0.3 is 0 Å². The number of aromatic nitrogens is 4. The Hall–Kier alpha value is -3.58. The molecule has 1 aromatic carbocycles. The van der Waals surface area contributed by atoms with E-state index >= 15 is 0 Å². The molecule has 150 valence electrons. The maximum absolute atomic E-state index is 12.3. The van der Waals surface area contributed by atoms with Crippen LogP contribution in [0.5, 0.6) is 0 Å². The molecule has 4 aromatic heterocycles. The van der Waals surface area contributed by atoms with Crippen LogP contribution in [-0.4, -0.2) is 50.4 Å². The van der Waals surface area contributed by atoms with E-state index in [1.165, 1.54) is 10.9 Å². The Morgan fingerprint density at radius 1 is 1.00 bits per heavy atom. The van der Waals surface area contributed by atoms with E-state index in [1.54, 1.807) is 0 Å². The topological polar surface area (TPSA) is 72.4 Å². The van der Waals surface area contributed by atoms with Crippen molar-refractivity contribution in [3.63, 3.8) is 0 Å². The van der Waals surface area contributed by atoms with E-state index in [4.69, 9.17) is 0 Å². The molecular formula is C23H22N6O. The molecule has 2 N–H and O–H groups in total. The van der Waals surface area contributed by atoms with Crippen LogP contribution in [0.25, 0.3) is 27.5 Å². The number of pyridine rings is 1. The second-order valence-corrected chi connectivity index (χ2v) is 7.91. The Labute approximate surface area is 172 Å². The molecule has 5 heterocycles. The van der Waals surface area contributed by atoms with Crippen molar-refractivity contribution in [1.29, 1.82) is 0 Å². The number of para-hydroxylation sites is 1. The van der Waals surface area contributed by atoms with Crippen LogP contribution in [0.4, 0.5) is 5.82 Å². The van der Waals surface area contributed by atoms with Crippen LogP contribution < -0.4 is 10.5 Å². The van der Waals surface area contributed by atoms with Gasteiger partial charge in [-0.05, 0) is 35.9 Å². The van der Waals surface area contributed by atoms with Crippen molar-refractivity contribution >= 4 is 33.3 Å². The average molecular weight is 398 g/mol. The molecule has 6 rings (SSSR count). The Morgan fingerprint density at radius 2 is 1.87 bits per heavy atom. The van der Waals surface area contributed by atoms with Gasteiger partial charge in [0, 0.05) is 56.7 Å². The monoisotopic (exact) mass is 398 g/mol. The van der Waals surface area contributed by atoms with Gasteiger partial charge in [0.1, 0.15) is 11.5 Å². The van der Waals surface area contributed by atoms with Crippen molar-refractivity contribution in [2.45, 2.75) is 6.54 Å². The number of benzene rings is 1. The highest BCUT2D eigenvalue weighted by molar-refractivity contribution is 5.90. The van der Waals surface area contributed by atoms with Crippen LogP contribution in [0.2, 0.25) is 0 Å². The zero-order valence-electron chi connectivity index (χ0n) is 16.5. The maximum atomic E-state index is 12.3. The minimum Gasteiger partial charge on any atom is -0.361 e. The number of anilines is 1. The van der Waals surface area contributed by atoms with E-state index in [0.29, 0.717) is 5.39 Å². The minimum atomic E-state index is -0.0391.